The molecule has 0 aliphatic rings. The Morgan fingerprint density at radius 3 is 2.31 bits per heavy atom. The first kappa shape index (κ1) is 18.8. The summed E-state index contributed by atoms with van der Waals surface area (Å²) >= 11 is 6.01. The molecule has 132 valence electrons. The third kappa shape index (κ3) is 4.53. The van der Waals surface area contributed by atoms with Gasteiger partial charge < -0.3 is 16.8 Å². The van der Waals surface area contributed by atoms with Crippen LogP contribution in [-0.4, -0.2) is 11.8 Å². The minimum atomic E-state index is -0.708. The number of halogens is 1. The zero-order valence-corrected chi connectivity index (χ0v) is 14.6. The van der Waals surface area contributed by atoms with E-state index in [1.807, 2.05) is 0 Å². The summed E-state index contributed by atoms with van der Waals surface area (Å²) in [7, 11) is 0. The van der Waals surface area contributed by atoms with E-state index >= 15 is 0 Å². The summed E-state index contributed by atoms with van der Waals surface area (Å²) in [5.41, 5.74) is 12.7. The molecule has 26 heavy (non-hydrogen) atoms. The second kappa shape index (κ2) is 8.05. The monoisotopic (exact) mass is 369 g/mol. The molecule has 0 atom stereocenters. The van der Waals surface area contributed by atoms with Crippen molar-refractivity contribution in [1.29, 1.82) is 5.26 Å². The molecule has 0 aliphatic carbocycles. The number of rotatable bonds is 4. The van der Waals surface area contributed by atoms with Crippen molar-refractivity contribution in [1.82, 2.24) is 0 Å². The van der Waals surface area contributed by atoms with Gasteiger partial charge >= 0.3 is 0 Å². The Labute approximate surface area is 155 Å². The van der Waals surface area contributed by atoms with Gasteiger partial charge in [0, 0.05) is 30.2 Å². The van der Waals surface area contributed by atoms with E-state index in [1.165, 1.54) is 24.0 Å². The predicted octanol–water partition coefficient (Wildman–Crippen LogP) is 2.90. The largest absolute Gasteiger partial charge is 0.399 e. The zero-order valence-electron chi connectivity index (χ0n) is 13.9. The van der Waals surface area contributed by atoms with Gasteiger partial charge in [-0.05, 0) is 42.5 Å². The number of nitrogens with one attached hydrogen (secondary N) is 1. The number of anilines is 4. The van der Waals surface area contributed by atoms with E-state index in [9.17, 15) is 14.9 Å². The molecule has 0 fully saturated rings. The minimum Gasteiger partial charge on any atom is -0.399 e. The second-order valence-corrected chi connectivity index (χ2v) is 5.74. The molecule has 2 amide bonds. The standard InChI is InChI=1S/C18H16ClN5O2/c1-11(25)24(15-5-2-13(21)3-6-15)10-12(9-20)18(26)23-17-7-4-14(22)8-16(17)19/h2-8,10H,21-22H2,1H3,(H,23,26)/b12-10-. The topological polar surface area (TPSA) is 125 Å². The van der Waals surface area contributed by atoms with Crippen LogP contribution >= 0.6 is 11.6 Å². The molecule has 0 bridgehead atoms. The molecule has 0 unspecified atom stereocenters. The highest BCUT2D eigenvalue weighted by molar-refractivity contribution is 6.34. The Morgan fingerprint density at radius 1 is 1.15 bits per heavy atom. The molecule has 5 N–H and O–H groups in total. The van der Waals surface area contributed by atoms with Crippen molar-refractivity contribution in [3.63, 3.8) is 0 Å². The normalized spacial score (nSPS) is 10.7. The summed E-state index contributed by atoms with van der Waals surface area (Å²) in [4.78, 5) is 25.5. The Bertz CT molecular complexity index is 916. The van der Waals surface area contributed by atoms with E-state index in [1.54, 1.807) is 36.4 Å². The van der Waals surface area contributed by atoms with Crippen molar-refractivity contribution in [2.75, 3.05) is 21.7 Å². The Hall–Kier alpha value is -3.50. The fourth-order valence-corrected chi connectivity index (χ4v) is 2.31. The molecule has 0 saturated heterocycles. The van der Waals surface area contributed by atoms with Gasteiger partial charge in [-0.2, -0.15) is 5.26 Å². The van der Waals surface area contributed by atoms with Gasteiger partial charge in [-0.3, -0.25) is 14.5 Å². The van der Waals surface area contributed by atoms with Crippen LogP contribution in [0.2, 0.25) is 5.02 Å². The van der Waals surface area contributed by atoms with Gasteiger partial charge in [0.2, 0.25) is 5.91 Å². The lowest BCUT2D eigenvalue weighted by atomic mass is 10.2. The van der Waals surface area contributed by atoms with Crippen LogP contribution in [0.4, 0.5) is 22.7 Å². The van der Waals surface area contributed by atoms with E-state index in [-0.39, 0.29) is 16.5 Å². The van der Waals surface area contributed by atoms with Crippen LogP contribution in [-0.2, 0) is 9.59 Å². The van der Waals surface area contributed by atoms with Crippen molar-refractivity contribution in [3.05, 3.63) is 59.3 Å². The zero-order chi connectivity index (χ0) is 19.3. The van der Waals surface area contributed by atoms with E-state index in [0.717, 1.165) is 6.20 Å². The summed E-state index contributed by atoms with van der Waals surface area (Å²) in [5, 5.41) is 12.1. The van der Waals surface area contributed by atoms with Crippen LogP contribution in [0.5, 0.6) is 0 Å². The number of carbonyl (C=O) groups excluding carboxylic acids is 2. The molecule has 0 radical (unpaired) electrons. The molecule has 8 heteroatoms. The number of amides is 2. The second-order valence-electron chi connectivity index (χ2n) is 5.33. The molecule has 2 aromatic carbocycles. The fraction of sp³-hybridized carbons (Fsp3) is 0.0556. The minimum absolute atomic E-state index is 0.234. The van der Waals surface area contributed by atoms with Gasteiger partial charge in [0.25, 0.3) is 5.91 Å². The molecular weight excluding hydrogens is 354 g/mol. The van der Waals surface area contributed by atoms with Crippen LogP contribution in [0.1, 0.15) is 6.92 Å². The van der Waals surface area contributed by atoms with E-state index < -0.39 is 5.91 Å². The maximum atomic E-state index is 12.4. The first-order chi connectivity index (χ1) is 12.3. The van der Waals surface area contributed by atoms with Gasteiger partial charge in [-0.25, -0.2) is 0 Å². The molecule has 0 aromatic heterocycles. The molecule has 2 aromatic rings. The fourth-order valence-electron chi connectivity index (χ4n) is 2.07. The number of nitriles is 1. The average molecular weight is 370 g/mol. The van der Waals surface area contributed by atoms with Crippen LogP contribution in [0.25, 0.3) is 0 Å². The molecule has 0 aliphatic heterocycles. The van der Waals surface area contributed by atoms with Crippen LogP contribution in [0.3, 0.4) is 0 Å². The third-order valence-electron chi connectivity index (χ3n) is 3.38. The Kier molecular flexibility index (Phi) is 5.83. The summed E-state index contributed by atoms with van der Waals surface area (Å²) in [6, 6.07) is 12.8. The lowest BCUT2D eigenvalue weighted by Crippen LogP contribution is -2.25. The van der Waals surface area contributed by atoms with Crippen molar-refractivity contribution in [2.45, 2.75) is 6.92 Å². The lowest BCUT2D eigenvalue weighted by molar-refractivity contribution is -0.116. The van der Waals surface area contributed by atoms with Gasteiger partial charge in [-0.1, -0.05) is 11.6 Å². The number of hydrogen-bond acceptors (Lipinski definition) is 5. The summed E-state index contributed by atoms with van der Waals surface area (Å²) in [6.45, 7) is 1.32. The smallest absolute Gasteiger partial charge is 0.267 e. The SMILES string of the molecule is CC(=O)N(/C=C(/C#N)C(=O)Nc1ccc(N)cc1Cl)c1ccc(N)cc1. The van der Waals surface area contributed by atoms with Crippen molar-refractivity contribution >= 4 is 46.2 Å². The molecular formula is C18H16ClN5O2. The Morgan fingerprint density at radius 2 is 1.77 bits per heavy atom. The highest BCUT2D eigenvalue weighted by atomic mass is 35.5. The highest BCUT2D eigenvalue weighted by Gasteiger charge is 2.16. The number of nitrogens with two attached hydrogens (primary N) is 2. The number of benzene rings is 2. The third-order valence-corrected chi connectivity index (χ3v) is 3.69. The van der Waals surface area contributed by atoms with Gasteiger partial charge in [-0.15, -0.1) is 0 Å². The Balaban J connectivity index is 2.31. The average Bonchev–Trinajstić information content (AvgIpc) is 2.59. The number of carbonyl (C=O) groups is 2. The van der Waals surface area contributed by atoms with Crippen LogP contribution < -0.4 is 21.7 Å². The predicted molar refractivity (Wildman–Crippen MR) is 102 cm³/mol. The van der Waals surface area contributed by atoms with Crippen molar-refractivity contribution in [3.8, 4) is 6.07 Å². The molecule has 0 heterocycles. The van der Waals surface area contributed by atoms with Crippen molar-refractivity contribution in [2.24, 2.45) is 0 Å². The summed E-state index contributed by atoms with van der Waals surface area (Å²) < 4.78 is 0. The molecule has 0 spiro atoms. The van der Waals surface area contributed by atoms with Crippen LogP contribution in [0, 0.1) is 11.3 Å². The first-order valence-corrected chi connectivity index (χ1v) is 7.83. The number of hydrogen-bond donors (Lipinski definition) is 3. The van der Waals surface area contributed by atoms with Crippen molar-refractivity contribution < 1.29 is 9.59 Å². The van der Waals surface area contributed by atoms with Gasteiger partial charge in [0.05, 0.1) is 10.7 Å². The van der Waals surface area contributed by atoms with Crippen LogP contribution in [0.15, 0.2) is 54.2 Å². The van der Waals surface area contributed by atoms with Gasteiger partial charge in [0.1, 0.15) is 11.6 Å². The summed E-state index contributed by atoms with van der Waals surface area (Å²) in [6.07, 6.45) is 1.16. The maximum absolute atomic E-state index is 12.4. The molecule has 0 saturated carbocycles. The number of nitrogens with zero attached hydrogens (tertiary/aromatic N) is 2. The molecule has 2 rings (SSSR count). The summed E-state index contributed by atoms with van der Waals surface area (Å²) in [5.74, 6) is -1.08. The van der Waals surface area contributed by atoms with E-state index in [0.29, 0.717) is 22.7 Å². The maximum Gasteiger partial charge on any atom is 0.267 e. The quantitative estimate of drug-likeness (QED) is 0.434. The first-order valence-electron chi connectivity index (χ1n) is 7.45. The van der Waals surface area contributed by atoms with E-state index in [4.69, 9.17) is 23.1 Å². The molecule has 7 nitrogen and oxygen atoms in total. The van der Waals surface area contributed by atoms with Gasteiger partial charge in [0.15, 0.2) is 0 Å². The number of nitrogen functional groups attached to an aromatic ring is 2. The lowest BCUT2D eigenvalue weighted by Gasteiger charge is -2.17. The van der Waals surface area contributed by atoms with E-state index in [2.05, 4.69) is 5.32 Å². The highest BCUT2D eigenvalue weighted by Crippen LogP contribution is 2.25.